The average Bonchev–Trinajstić information content (AvgIpc) is 2.66. The van der Waals surface area contributed by atoms with Crippen LogP contribution in [0.15, 0.2) is 24.3 Å². The Morgan fingerprint density at radius 1 is 1.28 bits per heavy atom. The topological polar surface area (TPSA) is 75.7 Å². The molecule has 2 heterocycles. The molecule has 29 heavy (non-hydrogen) atoms. The number of sulfonamides is 1. The Morgan fingerprint density at radius 2 is 1.97 bits per heavy atom. The summed E-state index contributed by atoms with van der Waals surface area (Å²) in [5, 5.41) is 2.99. The van der Waals surface area contributed by atoms with Gasteiger partial charge in [-0.15, -0.1) is 0 Å². The summed E-state index contributed by atoms with van der Waals surface area (Å²) in [5.41, 5.74) is 0.684. The minimum atomic E-state index is -3.19. The van der Waals surface area contributed by atoms with Gasteiger partial charge in [0.2, 0.25) is 15.9 Å². The Bertz CT molecular complexity index is 814. The average molecular weight is 423 g/mol. The standard InChI is InChI=1S/C22H34N2O4S/c1-4-5-14-29(26,27)24-12-10-22(11-13-24)16-18(15-21(25)23-17(2)3)19-8-6-7-9-20(19)28-22/h6-9,17-18H,4-5,10-16H2,1-3H3,(H,23,25)/t18-/m1/s1. The van der Waals surface area contributed by atoms with Crippen LogP contribution in [0.4, 0.5) is 0 Å². The van der Waals surface area contributed by atoms with Gasteiger partial charge in [0.1, 0.15) is 11.4 Å². The highest BCUT2D eigenvalue weighted by molar-refractivity contribution is 7.89. The molecule has 1 fully saturated rings. The molecule has 1 amide bonds. The van der Waals surface area contributed by atoms with Crippen LogP contribution in [0.1, 0.15) is 70.8 Å². The van der Waals surface area contributed by atoms with Crippen molar-refractivity contribution in [1.82, 2.24) is 9.62 Å². The van der Waals surface area contributed by atoms with Crippen LogP contribution in [-0.2, 0) is 14.8 Å². The predicted octanol–water partition coefficient (Wildman–Crippen LogP) is 3.43. The van der Waals surface area contributed by atoms with E-state index in [0.717, 1.165) is 24.2 Å². The summed E-state index contributed by atoms with van der Waals surface area (Å²) in [6.07, 6.45) is 4.07. The number of ether oxygens (including phenoxy) is 1. The van der Waals surface area contributed by atoms with E-state index in [9.17, 15) is 13.2 Å². The highest BCUT2D eigenvalue weighted by Gasteiger charge is 2.45. The van der Waals surface area contributed by atoms with Crippen LogP contribution >= 0.6 is 0 Å². The van der Waals surface area contributed by atoms with Crippen LogP contribution in [0.25, 0.3) is 0 Å². The van der Waals surface area contributed by atoms with E-state index in [-0.39, 0.29) is 23.6 Å². The second-order valence-electron chi connectivity index (χ2n) is 8.72. The molecular weight excluding hydrogens is 388 g/mol. The van der Waals surface area contributed by atoms with Crippen molar-refractivity contribution in [2.75, 3.05) is 18.8 Å². The molecule has 0 bridgehead atoms. The minimum absolute atomic E-state index is 0.0523. The lowest BCUT2D eigenvalue weighted by Gasteiger charge is -2.46. The second kappa shape index (κ2) is 9.04. The lowest BCUT2D eigenvalue weighted by Crippen LogP contribution is -2.52. The van der Waals surface area contributed by atoms with Gasteiger partial charge in [-0.1, -0.05) is 31.5 Å². The number of unbranched alkanes of at least 4 members (excludes halogenated alkanes) is 1. The monoisotopic (exact) mass is 422 g/mol. The molecule has 1 aromatic carbocycles. The zero-order valence-electron chi connectivity index (χ0n) is 17.8. The normalized spacial score (nSPS) is 21.6. The minimum Gasteiger partial charge on any atom is -0.487 e. The van der Waals surface area contributed by atoms with Gasteiger partial charge in [-0.05, 0) is 38.3 Å². The van der Waals surface area contributed by atoms with Gasteiger partial charge in [-0.25, -0.2) is 12.7 Å². The van der Waals surface area contributed by atoms with E-state index >= 15 is 0 Å². The van der Waals surface area contributed by atoms with Gasteiger partial charge in [0.05, 0.1) is 5.75 Å². The maximum absolute atomic E-state index is 12.6. The molecule has 0 radical (unpaired) electrons. The first kappa shape index (κ1) is 22.1. The molecule has 0 unspecified atom stereocenters. The van der Waals surface area contributed by atoms with Crippen molar-refractivity contribution in [1.29, 1.82) is 0 Å². The number of nitrogens with zero attached hydrogens (tertiary/aromatic N) is 1. The second-order valence-corrected chi connectivity index (χ2v) is 10.8. The maximum Gasteiger partial charge on any atom is 0.220 e. The largest absolute Gasteiger partial charge is 0.487 e. The van der Waals surface area contributed by atoms with Crippen molar-refractivity contribution in [3.63, 3.8) is 0 Å². The number of fused-ring (bicyclic) bond motifs is 1. The van der Waals surface area contributed by atoms with E-state index in [1.54, 1.807) is 4.31 Å². The molecule has 1 spiro atoms. The fourth-order valence-electron chi connectivity index (χ4n) is 4.47. The van der Waals surface area contributed by atoms with E-state index < -0.39 is 15.6 Å². The van der Waals surface area contributed by atoms with E-state index in [1.165, 1.54) is 0 Å². The molecule has 3 rings (SSSR count). The molecule has 1 saturated heterocycles. The Kier molecular flexibility index (Phi) is 6.89. The van der Waals surface area contributed by atoms with Crippen LogP contribution in [0, 0.1) is 0 Å². The summed E-state index contributed by atoms with van der Waals surface area (Å²) in [4.78, 5) is 12.4. The van der Waals surface area contributed by atoms with Crippen LogP contribution in [0.5, 0.6) is 5.75 Å². The smallest absolute Gasteiger partial charge is 0.220 e. The zero-order valence-corrected chi connectivity index (χ0v) is 18.6. The van der Waals surface area contributed by atoms with Crippen molar-refractivity contribution in [3.05, 3.63) is 29.8 Å². The van der Waals surface area contributed by atoms with E-state index in [1.807, 2.05) is 45.0 Å². The van der Waals surface area contributed by atoms with Crippen molar-refractivity contribution in [3.8, 4) is 5.75 Å². The Balaban J connectivity index is 1.74. The number of hydrogen-bond donors (Lipinski definition) is 1. The molecule has 0 aliphatic carbocycles. The first-order valence-electron chi connectivity index (χ1n) is 10.8. The SMILES string of the molecule is CCCCS(=O)(=O)N1CCC2(CC1)C[C@@H](CC(=O)NC(C)C)c1ccccc1O2. The van der Waals surface area contributed by atoms with Gasteiger partial charge >= 0.3 is 0 Å². The van der Waals surface area contributed by atoms with Gasteiger partial charge in [-0.3, -0.25) is 4.79 Å². The fourth-order valence-corrected chi connectivity index (χ4v) is 6.12. The number of hydrogen-bond acceptors (Lipinski definition) is 4. The molecule has 0 aromatic heterocycles. The van der Waals surface area contributed by atoms with Gasteiger partial charge in [0, 0.05) is 44.3 Å². The van der Waals surface area contributed by atoms with Crippen molar-refractivity contribution < 1.29 is 17.9 Å². The number of para-hydroxylation sites is 1. The summed E-state index contributed by atoms with van der Waals surface area (Å²) in [7, 11) is -3.19. The fraction of sp³-hybridized carbons (Fsp3) is 0.682. The zero-order chi connectivity index (χ0) is 21.1. The van der Waals surface area contributed by atoms with Gasteiger partial charge in [-0.2, -0.15) is 0 Å². The summed E-state index contributed by atoms with van der Waals surface area (Å²) >= 11 is 0. The molecule has 162 valence electrons. The third-order valence-electron chi connectivity index (χ3n) is 5.97. The Morgan fingerprint density at radius 3 is 2.62 bits per heavy atom. The maximum atomic E-state index is 12.6. The number of carbonyl (C=O) groups excluding carboxylic acids is 1. The van der Waals surface area contributed by atoms with Crippen molar-refractivity contribution in [2.24, 2.45) is 0 Å². The Labute approximate surface area is 175 Å². The van der Waals surface area contributed by atoms with Crippen LogP contribution in [0.3, 0.4) is 0 Å². The lowest BCUT2D eigenvalue weighted by atomic mass is 9.76. The van der Waals surface area contributed by atoms with Crippen molar-refractivity contribution >= 4 is 15.9 Å². The summed E-state index contributed by atoms with van der Waals surface area (Å²) in [6, 6.07) is 8.06. The number of amides is 1. The molecule has 0 saturated carbocycles. The van der Waals surface area contributed by atoms with Crippen LogP contribution in [-0.4, -0.2) is 49.1 Å². The number of piperidine rings is 1. The molecule has 2 aliphatic rings. The summed E-state index contributed by atoms with van der Waals surface area (Å²) in [6.45, 7) is 6.90. The van der Waals surface area contributed by atoms with Crippen molar-refractivity contribution in [2.45, 2.75) is 76.9 Å². The molecule has 1 N–H and O–H groups in total. The number of benzene rings is 1. The molecular formula is C22H34N2O4S. The van der Waals surface area contributed by atoms with E-state index in [0.29, 0.717) is 38.8 Å². The third-order valence-corrected chi connectivity index (χ3v) is 7.92. The van der Waals surface area contributed by atoms with E-state index in [4.69, 9.17) is 4.74 Å². The van der Waals surface area contributed by atoms with Gasteiger partial charge in [0.15, 0.2) is 0 Å². The molecule has 6 nitrogen and oxygen atoms in total. The predicted molar refractivity (Wildman–Crippen MR) is 115 cm³/mol. The molecule has 1 aromatic rings. The lowest BCUT2D eigenvalue weighted by molar-refractivity contribution is -0.122. The molecule has 2 aliphatic heterocycles. The summed E-state index contributed by atoms with van der Waals surface area (Å²) in [5.74, 6) is 1.19. The number of nitrogens with one attached hydrogen (secondary N) is 1. The van der Waals surface area contributed by atoms with Gasteiger partial charge in [0.25, 0.3) is 0 Å². The third kappa shape index (κ3) is 5.31. The Hall–Kier alpha value is -1.60. The van der Waals surface area contributed by atoms with Gasteiger partial charge < -0.3 is 10.1 Å². The molecule has 7 heteroatoms. The highest BCUT2D eigenvalue weighted by Crippen LogP contribution is 2.46. The van der Waals surface area contributed by atoms with Crippen LogP contribution in [0.2, 0.25) is 0 Å². The quantitative estimate of drug-likeness (QED) is 0.730. The number of rotatable bonds is 7. The molecule has 1 atom stereocenters. The summed E-state index contributed by atoms with van der Waals surface area (Å²) < 4.78 is 33.2. The highest BCUT2D eigenvalue weighted by atomic mass is 32.2. The first-order valence-corrected chi connectivity index (χ1v) is 12.4. The van der Waals surface area contributed by atoms with Crippen LogP contribution < -0.4 is 10.1 Å². The van der Waals surface area contributed by atoms with E-state index in [2.05, 4.69) is 5.32 Å². The number of carbonyl (C=O) groups is 1. The first-order chi connectivity index (χ1) is 13.7.